The van der Waals surface area contributed by atoms with Crippen LogP contribution in [0.15, 0.2) is 24.3 Å². The zero-order chi connectivity index (χ0) is 13.1. The topological polar surface area (TPSA) is 78.9 Å². The fraction of sp³-hybridized carbons (Fsp3) is 0.385. The molecule has 0 aliphatic rings. The Balaban J connectivity index is 2.72. The van der Waals surface area contributed by atoms with E-state index in [0.29, 0.717) is 11.3 Å². The van der Waals surface area contributed by atoms with Crippen molar-refractivity contribution in [1.82, 2.24) is 0 Å². The first-order valence-electron chi connectivity index (χ1n) is 5.41. The van der Waals surface area contributed by atoms with Crippen molar-refractivity contribution < 1.29 is 4.79 Å². The summed E-state index contributed by atoms with van der Waals surface area (Å²) >= 11 is 0. The first-order valence-corrected chi connectivity index (χ1v) is 5.41. The molecule has 0 bridgehead atoms. The molecule has 0 aliphatic carbocycles. The minimum atomic E-state index is -0.571. The normalized spacial score (nSPS) is 12.6. The molecule has 1 aromatic rings. The van der Waals surface area contributed by atoms with E-state index in [1.165, 1.54) is 0 Å². The molecule has 1 aromatic carbocycles. The van der Waals surface area contributed by atoms with Gasteiger partial charge in [-0.25, -0.2) is 0 Å². The van der Waals surface area contributed by atoms with Gasteiger partial charge in [0.1, 0.15) is 0 Å². The van der Waals surface area contributed by atoms with E-state index in [-0.39, 0.29) is 11.3 Å². The maximum Gasteiger partial charge on any atom is 0.241 e. The second-order valence-corrected chi connectivity index (χ2v) is 5.02. The largest absolute Gasteiger partial charge is 0.325 e. The molecular formula is C13H17N3O. The number of nitrogens with two attached hydrogens (primary N) is 1. The van der Waals surface area contributed by atoms with E-state index in [9.17, 15) is 4.79 Å². The van der Waals surface area contributed by atoms with Crippen LogP contribution in [0.1, 0.15) is 26.3 Å². The van der Waals surface area contributed by atoms with Gasteiger partial charge < -0.3 is 11.1 Å². The lowest BCUT2D eigenvalue weighted by Gasteiger charge is -2.25. The molecule has 3 N–H and O–H groups in total. The van der Waals surface area contributed by atoms with Gasteiger partial charge in [-0.15, -0.1) is 0 Å². The summed E-state index contributed by atoms with van der Waals surface area (Å²) in [7, 11) is 0. The quantitative estimate of drug-likeness (QED) is 0.815. The molecule has 0 spiro atoms. The van der Waals surface area contributed by atoms with Gasteiger partial charge in [-0.05, 0) is 29.7 Å². The van der Waals surface area contributed by atoms with Gasteiger partial charge in [0.2, 0.25) is 5.91 Å². The number of nitrogens with one attached hydrogen (secondary N) is 1. The van der Waals surface area contributed by atoms with Crippen molar-refractivity contribution in [3.63, 3.8) is 0 Å². The van der Waals surface area contributed by atoms with Crippen LogP contribution in [0.2, 0.25) is 0 Å². The van der Waals surface area contributed by atoms with E-state index in [1.54, 1.807) is 24.3 Å². The zero-order valence-electron chi connectivity index (χ0n) is 10.3. The predicted octanol–water partition coefficient (Wildman–Crippen LogP) is 1.87. The Bertz CT molecular complexity index is 437. The molecular weight excluding hydrogens is 214 g/mol. The van der Waals surface area contributed by atoms with E-state index < -0.39 is 6.04 Å². The number of carbonyl (C=O) groups is 1. The zero-order valence-corrected chi connectivity index (χ0v) is 10.3. The Hall–Kier alpha value is -1.86. The van der Waals surface area contributed by atoms with Crippen LogP contribution >= 0.6 is 0 Å². The number of carbonyl (C=O) groups excluding carboxylic acids is 1. The average molecular weight is 231 g/mol. The molecule has 0 aliphatic heterocycles. The van der Waals surface area contributed by atoms with Crippen molar-refractivity contribution in [3.8, 4) is 6.07 Å². The summed E-state index contributed by atoms with van der Waals surface area (Å²) in [5, 5.41) is 11.4. The van der Waals surface area contributed by atoms with Gasteiger partial charge in [-0.1, -0.05) is 20.8 Å². The molecule has 1 atom stereocenters. The van der Waals surface area contributed by atoms with Crippen molar-refractivity contribution in [2.45, 2.75) is 26.8 Å². The fourth-order valence-electron chi connectivity index (χ4n) is 1.24. The van der Waals surface area contributed by atoms with Gasteiger partial charge in [-0.3, -0.25) is 4.79 Å². The molecule has 4 heteroatoms. The standard InChI is InChI=1S/C13H17N3O/c1-13(2,3)11(15)12(17)16-10-6-4-9(8-14)5-7-10/h4-7,11H,15H2,1-3H3,(H,16,17). The highest BCUT2D eigenvalue weighted by atomic mass is 16.2. The van der Waals surface area contributed by atoms with Gasteiger partial charge in [0.25, 0.3) is 0 Å². The summed E-state index contributed by atoms with van der Waals surface area (Å²) in [6.45, 7) is 5.74. The molecule has 1 rings (SSSR count). The summed E-state index contributed by atoms with van der Waals surface area (Å²) in [6.07, 6.45) is 0. The minimum absolute atomic E-state index is 0.220. The summed E-state index contributed by atoms with van der Waals surface area (Å²) in [5.74, 6) is -0.220. The highest BCUT2D eigenvalue weighted by molar-refractivity contribution is 5.95. The Morgan fingerprint density at radius 1 is 1.35 bits per heavy atom. The smallest absolute Gasteiger partial charge is 0.241 e. The van der Waals surface area contributed by atoms with Crippen molar-refractivity contribution in [1.29, 1.82) is 5.26 Å². The van der Waals surface area contributed by atoms with Crippen molar-refractivity contribution in [2.24, 2.45) is 11.1 Å². The number of nitrogens with zero attached hydrogens (tertiary/aromatic N) is 1. The number of rotatable bonds is 2. The SMILES string of the molecule is CC(C)(C)C(N)C(=O)Nc1ccc(C#N)cc1. The van der Waals surface area contributed by atoms with Crippen LogP contribution in [-0.4, -0.2) is 11.9 Å². The Labute approximate surface area is 101 Å². The van der Waals surface area contributed by atoms with E-state index >= 15 is 0 Å². The summed E-state index contributed by atoms with van der Waals surface area (Å²) in [4.78, 5) is 11.8. The molecule has 1 unspecified atom stereocenters. The Morgan fingerprint density at radius 2 is 1.88 bits per heavy atom. The molecule has 0 aromatic heterocycles. The molecule has 17 heavy (non-hydrogen) atoms. The number of amides is 1. The van der Waals surface area contributed by atoms with E-state index in [2.05, 4.69) is 5.32 Å². The number of benzene rings is 1. The lowest BCUT2D eigenvalue weighted by Crippen LogP contribution is -2.45. The van der Waals surface area contributed by atoms with Crippen molar-refractivity contribution in [3.05, 3.63) is 29.8 Å². The van der Waals surface area contributed by atoms with E-state index in [4.69, 9.17) is 11.0 Å². The molecule has 0 radical (unpaired) electrons. The van der Waals surface area contributed by atoms with Crippen LogP contribution in [0.3, 0.4) is 0 Å². The van der Waals surface area contributed by atoms with Crippen molar-refractivity contribution in [2.75, 3.05) is 5.32 Å². The summed E-state index contributed by atoms with van der Waals surface area (Å²) in [6, 6.07) is 8.12. The summed E-state index contributed by atoms with van der Waals surface area (Å²) in [5.41, 5.74) is 6.76. The molecule has 0 saturated heterocycles. The van der Waals surface area contributed by atoms with Gasteiger partial charge in [-0.2, -0.15) is 5.26 Å². The van der Waals surface area contributed by atoms with E-state index in [1.807, 2.05) is 26.8 Å². The number of nitriles is 1. The molecule has 0 saturated carbocycles. The summed E-state index contributed by atoms with van der Waals surface area (Å²) < 4.78 is 0. The number of hydrogen-bond donors (Lipinski definition) is 2. The minimum Gasteiger partial charge on any atom is -0.325 e. The highest BCUT2D eigenvalue weighted by Gasteiger charge is 2.27. The maximum absolute atomic E-state index is 11.8. The Kier molecular flexibility index (Phi) is 3.87. The Morgan fingerprint density at radius 3 is 2.29 bits per heavy atom. The van der Waals surface area contributed by atoms with Crippen LogP contribution in [0.25, 0.3) is 0 Å². The highest BCUT2D eigenvalue weighted by Crippen LogP contribution is 2.19. The molecule has 0 heterocycles. The lowest BCUT2D eigenvalue weighted by atomic mass is 9.87. The average Bonchev–Trinajstić information content (AvgIpc) is 2.27. The predicted molar refractivity (Wildman–Crippen MR) is 67.2 cm³/mol. The van der Waals surface area contributed by atoms with Gasteiger partial charge >= 0.3 is 0 Å². The van der Waals surface area contributed by atoms with Crippen LogP contribution in [0.4, 0.5) is 5.69 Å². The van der Waals surface area contributed by atoms with Gasteiger partial charge in [0, 0.05) is 5.69 Å². The van der Waals surface area contributed by atoms with Crippen LogP contribution in [0, 0.1) is 16.7 Å². The maximum atomic E-state index is 11.8. The first kappa shape index (κ1) is 13.2. The monoisotopic (exact) mass is 231 g/mol. The van der Waals surface area contributed by atoms with Crippen LogP contribution in [0.5, 0.6) is 0 Å². The first-order chi connectivity index (χ1) is 7.84. The molecule has 90 valence electrons. The second kappa shape index (κ2) is 4.98. The van der Waals surface area contributed by atoms with Crippen LogP contribution < -0.4 is 11.1 Å². The third-order valence-corrected chi connectivity index (χ3v) is 2.50. The number of hydrogen-bond acceptors (Lipinski definition) is 3. The molecule has 0 fully saturated rings. The van der Waals surface area contributed by atoms with Crippen LogP contribution in [-0.2, 0) is 4.79 Å². The van der Waals surface area contributed by atoms with E-state index in [0.717, 1.165) is 0 Å². The molecule has 4 nitrogen and oxygen atoms in total. The van der Waals surface area contributed by atoms with Crippen molar-refractivity contribution >= 4 is 11.6 Å². The third kappa shape index (κ3) is 3.58. The molecule has 1 amide bonds. The third-order valence-electron chi connectivity index (χ3n) is 2.50. The second-order valence-electron chi connectivity index (χ2n) is 5.02. The fourth-order valence-corrected chi connectivity index (χ4v) is 1.24. The van der Waals surface area contributed by atoms with Gasteiger partial charge in [0.05, 0.1) is 17.7 Å². The lowest BCUT2D eigenvalue weighted by molar-refractivity contribution is -0.119. The van der Waals surface area contributed by atoms with Gasteiger partial charge in [0.15, 0.2) is 0 Å². The number of anilines is 1.